The highest BCUT2D eigenvalue weighted by Crippen LogP contribution is 2.09. The van der Waals surface area contributed by atoms with Crippen molar-refractivity contribution in [3.8, 4) is 0 Å². The van der Waals surface area contributed by atoms with Crippen LogP contribution in [-0.4, -0.2) is 49.4 Å². The maximum absolute atomic E-state index is 2.44. The Bertz CT molecular complexity index is 148. The number of halogens is 2. The predicted molar refractivity (Wildman–Crippen MR) is 74.7 cm³/mol. The van der Waals surface area contributed by atoms with E-state index in [9.17, 15) is 0 Å². The summed E-state index contributed by atoms with van der Waals surface area (Å²) in [5.41, 5.74) is 0. The second-order valence-corrected chi connectivity index (χ2v) is 7.57. The van der Waals surface area contributed by atoms with Crippen molar-refractivity contribution in [1.82, 2.24) is 0 Å². The van der Waals surface area contributed by atoms with Crippen molar-refractivity contribution in [1.29, 1.82) is 0 Å². The van der Waals surface area contributed by atoms with Crippen molar-refractivity contribution < 1.29 is 52.4 Å². The van der Waals surface area contributed by atoms with E-state index in [-0.39, 0.29) is 48.0 Å². The molecule has 0 heterocycles. The van der Waals surface area contributed by atoms with Crippen LogP contribution >= 0.6 is 0 Å². The topological polar surface area (TPSA) is 0 Å². The van der Waals surface area contributed by atoms with Gasteiger partial charge in [0.1, 0.15) is 5.75 Å². The van der Waals surface area contributed by atoms with Crippen molar-refractivity contribution in [2.24, 2.45) is 0 Å². The van der Waals surface area contributed by atoms with Gasteiger partial charge in [-0.3, -0.25) is 0 Å². The third-order valence-electron chi connectivity index (χ3n) is 3.03. The van der Waals surface area contributed by atoms with Crippen molar-refractivity contribution >= 4 is 10.9 Å². The van der Waals surface area contributed by atoms with E-state index in [4.69, 9.17) is 0 Å². The molecule has 0 unspecified atom stereocenters. The zero-order valence-electron chi connectivity index (χ0n) is 12.3. The zero-order chi connectivity index (χ0) is 11.7. The number of quaternary nitrogens is 1. The van der Waals surface area contributed by atoms with Gasteiger partial charge in [-0.2, -0.15) is 0 Å². The van der Waals surface area contributed by atoms with E-state index in [2.05, 4.69) is 33.4 Å². The summed E-state index contributed by atoms with van der Waals surface area (Å²) < 4.78 is 1.30. The van der Waals surface area contributed by atoms with Gasteiger partial charge in [0.05, 0.1) is 39.2 Å². The molecule has 0 N–H and O–H groups in total. The van der Waals surface area contributed by atoms with Gasteiger partial charge in [-0.15, -0.1) is 0 Å². The molecule has 0 aromatic rings. The summed E-state index contributed by atoms with van der Waals surface area (Å²) in [6, 6.07) is 0. The van der Waals surface area contributed by atoms with Crippen LogP contribution in [0.5, 0.6) is 0 Å². The first-order chi connectivity index (χ1) is 7.04. The molecule has 0 saturated carbocycles. The van der Waals surface area contributed by atoms with Crippen LogP contribution in [-0.2, 0) is 10.9 Å². The van der Waals surface area contributed by atoms with Gasteiger partial charge >= 0.3 is 0 Å². The van der Waals surface area contributed by atoms with Crippen LogP contribution < -0.4 is 48.0 Å². The molecule has 0 spiro atoms. The molecule has 0 aromatic heterocycles. The SMILES string of the molecule is CCC[N+](C)(CCC)CCCC[S+](C)C.[I-].[I-]. The van der Waals surface area contributed by atoms with Crippen molar-refractivity contribution in [3.63, 3.8) is 0 Å². The molecule has 0 aliphatic heterocycles. The first-order valence-corrected chi connectivity index (χ1v) is 8.63. The molecular weight excluding hydrogens is 456 g/mol. The summed E-state index contributed by atoms with van der Waals surface area (Å²) >= 11 is 0. The fourth-order valence-corrected chi connectivity index (χ4v) is 3.08. The smallest absolute Gasteiger partial charge is 0.107 e. The van der Waals surface area contributed by atoms with Gasteiger partial charge in [-0.1, -0.05) is 13.8 Å². The van der Waals surface area contributed by atoms with Gasteiger partial charge in [-0.25, -0.2) is 0 Å². The molecule has 0 atom stereocenters. The van der Waals surface area contributed by atoms with Crippen LogP contribution in [0.3, 0.4) is 0 Å². The van der Waals surface area contributed by atoms with Gasteiger partial charge in [0.15, 0.2) is 0 Å². The van der Waals surface area contributed by atoms with E-state index in [1.165, 1.54) is 55.6 Å². The average Bonchev–Trinajstić information content (AvgIpc) is 2.13. The Kier molecular flexibility index (Phi) is 19.9. The molecule has 0 aromatic carbocycles. The summed E-state index contributed by atoms with van der Waals surface area (Å²) in [4.78, 5) is 0. The fraction of sp³-hybridized carbons (Fsp3) is 1.00. The number of nitrogens with zero attached hydrogens (tertiary/aromatic N) is 1. The monoisotopic (exact) mass is 487 g/mol. The van der Waals surface area contributed by atoms with Gasteiger partial charge in [0.25, 0.3) is 0 Å². The van der Waals surface area contributed by atoms with E-state index in [1.54, 1.807) is 0 Å². The second-order valence-electron chi connectivity index (χ2n) is 5.19. The Hall–Kier alpha value is 1.77. The van der Waals surface area contributed by atoms with E-state index >= 15 is 0 Å². The van der Waals surface area contributed by atoms with Crippen LogP contribution in [0.25, 0.3) is 0 Å². The molecule has 0 bridgehead atoms. The molecule has 0 aliphatic rings. The highest BCUT2D eigenvalue weighted by molar-refractivity contribution is 7.95. The third kappa shape index (κ3) is 14.0. The molecule has 17 heavy (non-hydrogen) atoms. The van der Waals surface area contributed by atoms with Crippen LogP contribution in [0.2, 0.25) is 0 Å². The fourth-order valence-electron chi connectivity index (χ4n) is 2.30. The third-order valence-corrected chi connectivity index (χ3v) is 4.13. The van der Waals surface area contributed by atoms with Crippen molar-refractivity contribution in [3.05, 3.63) is 0 Å². The molecule has 1 nitrogen and oxygen atoms in total. The molecular formula is C13H31I2NS. The van der Waals surface area contributed by atoms with E-state index in [0.717, 1.165) is 0 Å². The Morgan fingerprint density at radius 1 is 0.824 bits per heavy atom. The second kappa shape index (κ2) is 14.2. The van der Waals surface area contributed by atoms with Crippen molar-refractivity contribution in [2.75, 3.05) is 44.9 Å². The summed E-state index contributed by atoms with van der Waals surface area (Å²) in [5.74, 6) is 1.43. The van der Waals surface area contributed by atoms with Gasteiger partial charge in [0.2, 0.25) is 0 Å². The maximum Gasteiger partial charge on any atom is 0.107 e. The number of hydrogen-bond acceptors (Lipinski definition) is 0. The van der Waals surface area contributed by atoms with E-state index < -0.39 is 0 Å². The van der Waals surface area contributed by atoms with Gasteiger partial charge in [0, 0.05) is 6.42 Å². The zero-order valence-corrected chi connectivity index (χ0v) is 17.4. The largest absolute Gasteiger partial charge is 1.00 e. The van der Waals surface area contributed by atoms with Crippen LogP contribution in [0, 0.1) is 0 Å². The standard InChI is InChI=1S/C13H31NS.2HI/c1-6-10-14(3,11-7-2)12-8-9-13-15(4)5;;/h6-13H2,1-5H3;2*1H/q+2;;/p-2. The summed E-state index contributed by atoms with van der Waals surface area (Å²) in [6.07, 6.45) is 10.2. The minimum atomic E-state index is 0. The first-order valence-electron chi connectivity index (χ1n) is 6.42. The Morgan fingerprint density at radius 2 is 1.29 bits per heavy atom. The quantitative estimate of drug-likeness (QED) is 0.140. The van der Waals surface area contributed by atoms with Crippen LogP contribution in [0.4, 0.5) is 0 Å². The first kappa shape index (κ1) is 23.8. The molecule has 0 rings (SSSR count). The molecule has 0 radical (unpaired) electrons. The molecule has 108 valence electrons. The Balaban J connectivity index is -0.000000980. The molecule has 0 aliphatic carbocycles. The lowest BCUT2D eigenvalue weighted by Crippen LogP contribution is -3.00. The lowest BCUT2D eigenvalue weighted by atomic mass is 10.2. The number of rotatable bonds is 9. The molecule has 0 amide bonds. The lowest BCUT2D eigenvalue weighted by molar-refractivity contribution is -0.909. The number of hydrogen-bond donors (Lipinski definition) is 0. The Labute approximate surface area is 146 Å². The highest BCUT2D eigenvalue weighted by Gasteiger charge is 2.18. The van der Waals surface area contributed by atoms with E-state index in [1.807, 2.05) is 0 Å². The summed E-state index contributed by atoms with van der Waals surface area (Å²) in [7, 11) is 3.08. The molecule has 4 heteroatoms. The molecule has 0 fully saturated rings. The lowest BCUT2D eigenvalue weighted by Gasteiger charge is -2.34. The van der Waals surface area contributed by atoms with E-state index in [0.29, 0.717) is 10.9 Å². The highest BCUT2D eigenvalue weighted by atomic mass is 127. The minimum absolute atomic E-state index is 0. The van der Waals surface area contributed by atoms with Gasteiger partial charge in [-0.05, 0) is 30.2 Å². The minimum Gasteiger partial charge on any atom is -1.00 e. The van der Waals surface area contributed by atoms with Gasteiger partial charge < -0.3 is 52.4 Å². The summed E-state index contributed by atoms with van der Waals surface area (Å²) in [5, 5.41) is 0. The Morgan fingerprint density at radius 3 is 1.65 bits per heavy atom. The average molecular weight is 487 g/mol. The van der Waals surface area contributed by atoms with Crippen LogP contribution in [0.1, 0.15) is 39.5 Å². The summed E-state index contributed by atoms with van der Waals surface area (Å²) in [6.45, 7) is 8.72. The number of unbranched alkanes of at least 4 members (excludes halogenated alkanes) is 1. The van der Waals surface area contributed by atoms with Crippen molar-refractivity contribution in [2.45, 2.75) is 39.5 Å². The predicted octanol–water partition coefficient (Wildman–Crippen LogP) is -3.08. The molecule has 0 saturated heterocycles. The maximum atomic E-state index is 2.44. The normalized spacial score (nSPS) is 10.9. The van der Waals surface area contributed by atoms with Crippen LogP contribution in [0.15, 0.2) is 0 Å².